The Bertz CT molecular complexity index is 2060. The number of methoxy groups -OCH3 is 1. The average molecular weight is 781 g/mol. The SMILES string of the molecule is COC(=O)c1ccc(CCc2ccc(C(=O)c3c(C(=O)c4cccc(NS(=O)(=O)N(C)C[C@H](O)[C@@H](O)[C@H](O)[C@H](O)CO)c4)sc4c3CCCC4)cc2)cc1. The second-order valence-electron chi connectivity index (χ2n) is 13.2. The molecule has 4 atom stereocenters. The highest BCUT2D eigenvalue weighted by molar-refractivity contribution is 7.90. The van der Waals surface area contributed by atoms with Crippen LogP contribution >= 0.6 is 11.3 Å². The molecule has 1 aromatic heterocycles. The number of aliphatic hydroxyl groups excluding tert-OH is 5. The molecule has 0 radical (unpaired) electrons. The number of aryl methyl sites for hydroxylation is 3. The fourth-order valence-electron chi connectivity index (χ4n) is 6.26. The summed E-state index contributed by atoms with van der Waals surface area (Å²) in [6.45, 7) is -1.56. The van der Waals surface area contributed by atoms with E-state index in [1.807, 2.05) is 24.3 Å². The molecule has 1 heterocycles. The minimum Gasteiger partial charge on any atom is -0.465 e. The highest BCUT2D eigenvalue weighted by Crippen LogP contribution is 2.37. The van der Waals surface area contributed by atoms with E-state index in [2.05, 4.69) is 4.72 Å². The van der Waals surface area contributed by atoms with Crippen molar-refractivity contribution >= 4 is 44.8 Å². The normalized spacial score (nSPS) is 15.2. The topological polar surface area (TPSA) is 211 Å². The Kier molecular flexibility index (Phi) is 13.5. The van der Waals surface area contributed by atoms with Crippen molar-refractivity contribution in [2.45, 2.75) is 62.9 Å². The zero-order valence-corrected chi connectivity index (χ0v) is 31.5. The van der Waals surface area contributed by atoms with Gasteiger partial charge in [0.05, 0.1) is 35.9 Å². The van der Waals surface area contributed by atoms with Gasteiger partial charge in [0.15, 0.2) is 5.78 Å². The first kappa shape index (κ1) is 40.9. The second kappa shape index (κ2) is 17.9. The molecule has 0 saturated carbocycles. The number of likely N-dealkylation sites (N-methyl/N-ethyl adjacent to an activating group) is 1. The van der Waals surface area contributed by atoms with Crippen molar-refractivity contribution in [1.29, 1.82) is 0 Å². The summed E-state index contributed by atoms with van der Waals surface area (Å²) in [6, 6.07) is 20.3. The van der Waals surface area contributed by atoms with Crippen molar-refractivity contribution in [3.05, 3.63) is 121 Å². The fourth-order valence-corrected chi connectivity index (χ4v) is 8.54. The number of rotatable bonds is 17. The van der Waals surface area contributed by atoms with E-state index in [0.29, 0.717) is 33.8 Å². The van der Waals surface area contributed by atoms with Gasteiger partial charge in [-0.25, -0.2) is 4.79 Å². The lowest BCUT2D eigenvalue weighted by Gasteiger charge is -2.28. The molecule has 0 bridgehead atoms. The molecule has 3 aromatic carbocycles. The average Bonchev–Trinajstić information content (AvgIpc) is 3.58. The van der Waals surface area contributed by atoms with Crippen molar-refractivity contribution in [2.75, 3.05) is 32.0 Å². The number of ketones is 2. The van der Waals surface area contributed by atoms with Crippen LogP contribution in [0.4, 0.5) is 5.69 Å². The van der Waals surface area contributed by atoms with Crippen LogP contribution in [0.5, 0.6) is 0 Å². The number of carbonyl (C=O) groups is 3. The maximum Gasteiger partial charge on any atom is 0.337 e. The van der Waals surface area contributed by atoms with Crippen molar-refractivity contribution in [3.63, 3.8) is 0 Å². The van der Waals surface area contributed by atoms with Crippen molar-refractivity contribution in [2.24, 2.45) is 0 Å². The third-order valence-corrected chi connectivity index (χ3v) is 12.2. The largest absolute Gasteiger partial charge is 0.465 e. The molecule has 5 rings (SSSR count). The van der Waals surface area contributed by atoms with E-state index < -0.39 is 59.5 Å². The molecule has 0 fully saturated rings. The molecule has 15 heteroatoms. The molecule has 6 N–H and O–H groups in total. The minimum atomic E-state index is -4.35. The highest BCUT2D eigenvalue weighted by Gasteiger charge is 2.33. The van der Waals surface area contributed by atoms with Gasteiger partial charge < -0.3 is 30.3 Å². The zero-order valence-electron chi connectivity index (χ0n) is 29.8. The number of hydrogen-bond donors (Lipinski definition) is 6. The van der Waals surface area contributed by atoms with Crippen LogP contribution in [0, 0.1) is 0 Å². The van der Waals surface area contributed by atoms with E-state index in [4.69, 9.17) is 9.84 Å². The van der Waals surface area contributed by atoms with Gasteiger partial charge in [-0.2, -0.15) is 12.7 Å². The van der Waals surface area contributed by atoms with Crippen LogP contribution in [0.3, 0.4) is 0 Å². The van der Waals surface area contributed by atoms with Crippen LogP contribution in [0.15, 0.2) is 72.8 Å². The van der Waals surface area contributed by atoms with Crippen molar-refractivity contribution in [1.82, 2.24) is 4.31 Å². The number of ether oxygens (including phenoxy) is 1. The second-order valence-corrected chi connectivity index (χ2v) is 16.1. The van der Waals surface area contributed by atoms with Crippen molar-refractivity contribution < 1.29 is 53.1 Å². The zero-order chi connectivity index (χ0) is 39.2. The van der Waals surface area contributed by atoms with E-state index in [1.54, 1.807) is 24.3 Å². The molecular weight excluding hydrogens is 737 g/mol. The Labute approximate surface area is 317 Å². The van der Waals surface area contributed by atoms with Gasteiger partial charge in [-0.15, -0.1) is 11.3 Å². The van der Waals surface area contributed by atoms with Crippen LogP contribution in [0.2, 0.25) is 0 Å². The molecule has 0 aliphatic heterocycles. The Morgan fingerprint density at radius 3 is 2.02 bits per heavy atom. The Hall–Kier alpha value is -4.32. The predicted octanol–water partition coefficient (Wildman–Crippen LogP) is 2.69. The minimum absolute atomic E-state index is 0.0302. The van der Waals surface area contributed by atoms with Gasteiger partial charge in [-0.3, -0.25) is 14.3 Å². The molecule has 0 amide bonds. The van der Waals surface area contributed by atoms with Crippen LogP contribution in [0.1, 0.15) is 75.9 Å². The van der Waals surface area contributed by atoms with E-state index in [9.17, 15) is 43.2 Å². The number of thiophene rings is 1. The first-order valence-corrected chi connectivity index (χ1v) is 19.7. The molecular formula is C39H44N2O11S2. The number of nitrogens with one attached hydrogen (secondary N) is 1. The molecule has 4 aromatic rings. The lowest BCUT2D eigenvalue weighted by Crippen LogP contribution is -2.50. The van der Waals surface area contributed by atoms with Crippen LogP contribution in [0.25, 0.3) is 0 Å². The monoisotopic (exact) mass is 780 g/mol. The summed E-state index contributed by atoms with van der Waals surface area (Å²) in [7, 11) is -1.89. The summed E-state index contributed by atoms with van der Waals surface area (Å²) >= 11 is 1.29. The molecule has 0 unspecified atom stereocenters. The number of hydrogen-bond acceptors (Lipinski definition) is 12. The Morgan fingerprint density at radius 2 is 1.41 bits per heavy atom. The summed E-state index contributed by atoms with van der Waals surface area (Å²) < 4.78 is 34.0. The summed E-state index contributed by atoms with van der Waals surface area (Å²) in [4.78, 5) is 41.2. The number of esters is 1. The molecule has 288 valence electrons. The lowest BCUT2D eigenvalue weighted by atomic mass is 9.89. The first-order chi connectivity index (χ1) is 25.7. The van der Waals surface area contributed by atoms with Gasteiger partial charge in [0.2, 0.25) is 5.78 Å². The summed E-state index contributed by atoms with van der Waals surface area (Å²) in [5.41, 5.74) is 4.40. The van der Waals surface area contributed by atoms with Crippen LogP contribution in [-0.2, 0) is 40.6 Å². The van der Waals surface area contributed by atoms with Gasteiger partial charge in [-0.05, 0) is 79.5 Å². The highest BCUT2D eigenvalue weighted by atomic mass is 32.2. The van der Waals surface area contributed by atoms with Gasteiger partial charge >= 0.3 is 16.2 Å². The Morgan fingerprint density at radius 1 is 0.815 bits per heavy atom. The van der Waals surface area contributed by atoms with E-state index in [0.717, 1.165) is 54.3 Å². The van der Waals surface area contributed by atoms with Gasteiger partial charge in [0.25, 0.3) is 0 Å². The molecule has 0 spiro atoms. The number of carbonyl (C=O) groups excluding carboxylic acids is 3. The number of benzene rings is 3. The lowest BCUT2D eigenvalue weighted by molar-refractivity contribution is -0.116. The number of nitrogens with zero attached hydrogens (tertiary/aromatic N) is 1. The smallest absolute Gasteiger partial charge is 0.337 e. The van der Waals surface area contributed by atoms with Gasteiger partial charge in [0, 0.05) is 35.2 Å². The van der Waals surface area contributed by atoms with E-state index >= 15 is 0 Å². The predicted molar refractivity (Wildman–Crippen MR) is 202 cm³/mol. The number of fused-ring (bicyclic) bond motifs is 1. The van der Waals surface area contributed by atoms with Gasteiger partial charge in [0.1, 0.15) is 18.3 Å². The van der Waals surface area contributed by atoms with Crippen molar-refractivity contribution in [3.8, 4) is 0 Å². The first-order valence-electron chi connectivity index (χ1n) is 17.4. The van der Waals surface area contributed by atoms with E-state index in [1.165, 1.54) is 42.7 Å². The fraction of sp³-hybridized carbons (Fsp3) is 0.359. The Balaban J connectivity index is 1.31. The summed E-state index contributed by atoms with van der Waals surface area (Å²) in [5, 5.41) is 48.8. The molecule has 13 nitrogen and oxygen atoms in total. The van der Waals surface area contributed by atoms with Gasteiger partial charge in [-0.1, -0.05) is 48.5 Å². The molecule has 0 saturated heterocycles. The maximum atomic E-state index is 14.1. The number of aliphatic hydroxyl groups is 5. The maximum absolute atomic E-state index is 14.1. The summed E-state index contributed by atoms with van der Waals surface area (Å²) in [6.07, 6.45) is -2.78. The molecule has 1 aliphatic rings. The molecule has 1 aliphatic carbocycles. The van der Waals surface area contributed by atoms with Crippen LogP contribution < -0.4 is 4.72 Å². The molecule has 54 heavy (non-hydrogen) atoms. The van der Waals surface area contributed by atoms with Crippen LogP contribution in [-0.4, -0.2) is 108 Å². The standard InChI is InChI=1S/C39H44N2O11S2/c1-41(21-30(43)36(47)37(48)31(44)22-42)54(50,51)40-28-7-5-6-27(20-28)35(46)38-33(29-8-3-4-9-32(29)53-38)34(45)25-16-12-23(13-17-25)10-11-24-14-18-26(19-15-24)39(49)52-2/h5-7,12-20,30-31,36-37,40,42-44,47-48H,3-4,8-11,21-22H2,1-2H3/t30-,31+,36+,37+/m0/s1. The number of anilines is 1. The third kappa shape index (κ3) is 9.48. The summed E-state index contributed by atoms with van der Waals surface area (Å²) in [5.74, 6) is -1.09. The third-order valence-electron chi connectivity index (χ3n) is 9.45. The quantitative estimate of drug-likeness (QED) is 0.0678. The van der Waals surface area contributed by atoms with E-state index in [-0.39, 0.29) is 21.9 Å².